The summed E-state index contributed by atoms with van der Waals surface area (Å²) in [6.07, 6.45) is 0. The summed E-state index contributed by atoms with van der Waals surface area (Å²) in [6, 6.07) is 13.5. The third kappa shape index (κ3) is 4.11. The van der Waals surface area contributed by atoms with Crippen LogP contribution < -0.4 is 4.90 Å². The van der Waals surface area contributed by atoms with Crippen LogP contribution in [0.3, 0.4) is 0 Å². The predicted octanol–water partition coefficient (Wildman–Crippen LogP) is 5.73. The minimum Gasteiger partial charge on any atom is -0.282 e. The lowest BCUT2D eigenvalue weighted by Gasteiger charge is -2.20. The Morgan fingerprint density at radius 3 is 2.63 bits per heavy atom. The molecular weight excluding hydrogens is 416 g/mol. The lowest BCUT2D eigenvalue weighted by Crippen LogP contribution is -2.34. The number of hydrogen-bond acceptors (Lipinski definition) is 4. The molecule has 0 unspecified atom stereocenters. The fourth-order valence-corrected chi connectivity index (χ4v) is 5.02. The van der Waals surface area contributed by atoms with E-state index in [-0.39, 0.29) is 5.91 Å². The molecule has 0 radical (unpaired) electrons. The van der Waals surface area contributed by atoms with Gasteiger partial charge in [0.15, 0.2) is 5.13 Å². The standard InChI is InChI=1S/C23H23ClN4OS/c1-14-6-5-7-18(10-14)22(29)27(8-9-28-17(4)12-16(3)26-28)23-25-21-15(2)11-19(24)13-20(21)30-23/h5-7,10-13H,8-9H2,1-4H3. The zero-order valence-corrected chi connectivity index (χ0v) is 19.0. The second-order valence-corrected chi connectivity index (χ2v) is 8.99. The number of amides is 1. The number of anilines is 1. The number of carbonyl (C=O) groups is 1. The molecule has 0 N–H and O–H groups in total. The summed E-state index contributed by atoms with van der Waals surface area (Å²) >= 11 is 7.72. The van der Waals surface area contributed by atoms with E-state index >= 15 is 0 Å². The molecule has 0 aliphatic heterocycles. The first-order valence-corrected chi connectivity index (χ1v) is 11.0. The first kappa shape index (κ1) is 20.6. The van der Waals surface area contributed by atoms with Crippen LogP contribution in [0.4, 0.5) is 5.13 Å². The van der Waals surface area contributed by atoms with Gasteiger partial charge in [-0.1, -0.05) is 40.6 Å². The Balaban J connectivity index is 1.73. The molecule has 0 fully saturated rings. The van der Waals surface area contributed by atoms with Crippen molar-refractivity contribution in [1.82, 2.24) is 14.8 Å². The van der Waals surface area contributed by atoms with E-state index in [2.05, 4.69) is 5.10 Å². The van der Waals surface area contributed by atoms with Gasteiger partial charge in [-0.25, -0.2) is 4.98 Å². The zero-order valence-electron chi connectivity index (χ0n) is 17.4. The summed E-state index contributed by atoms with van der Waals surface area (Å²) < 4.78 is 2.91. The van der Waals surface area contributed by atoms with Crippen LogP contribution in [0.15, 0.2) is 42.5 Å². The van der Waals surface area contributed by atoms with E-state index in [4.69, 9.17) is 16.6 Å². The normalized spacial score (nSPS) is 11.2. The molecule has 0 spiro atoms. The molecule has 1 amide bonds. The molecule has 4 aromatic rings. The molecule has 0 atom stereocenters. The summed E-state index contributed by atoms with van der Waals surface area (Å²) in [7, 11) is 0. The summed E-state index contributed by atoms with van der Waals surface area (Å²) in [5.41, 5.74) is 5.62. The monoisotopic (exact) mass is 438 g/mol. The Morgan fingerprint density at radius 1 is 1.13 bits per heavy atom. The lowest BCUT2D eigenvalue weighted by atomic mass is 10.1. The molecular formula is C23H23ClN4OS. The van der Waals surface area contributed by atoms with Gasteiger partial charge in [-0.05, 0) is 63.6 Å². The van der Waals surface area contributed by atoms with Gasteiger partial charge in [-0.15, -0.1) is 0 Å². The molecule has 5 nitrogen and oxygen atoms in total. The van der Waals surface area contributed by atoms with Gasteiger partial charge in [0.25, 0.3) is 5.91 Å². The van der Waals surface area contributed by atoms with Crippen LogP contribution in [0.2, 0.25) is 5.02 Å². The highest BCUT2D eigenvalue weighted by molar-refractivity contribution is 7.22. The number of hydrogen-bond donors (Lipinski definition) is 0. The quantitative estimate of drug-likeness (QED) is 0.400. The van der Waals surface area contributed by atoms with Crippen LogP contribution in [0.5, 0.6) is 0 Å². The number of rotatable bonds is 5. The highest BCUT2D eigenvalue weighted by atomic mass is 35.5. The number of benzene rings is 2. The number of carbonyl (C=O) groups excluding carboxylic acids is 1. The van der Waals surface area contributed by atoms with Crippen molar-refractivity contribution >= 4 is 44.2 Å². The third-order valence-electron chi connectivity index (χ3n) is 5.02. The van der Waals surface area contributed by atoms with E-state index in [1.165, 1.54) is 11.3 Å². The van der Waals surface area contributed by atoms with Gasteiger partial charge in [-0.3, -0.25) is 14.4 Å². The average Bonchev–Trinajstić information content (AvgIpc) is 3.24. The van der Waals surface area contributed by atoms with E-state index < -0.39 is 0 Å². The summed E-state index contributed by atoms with van der Waals surface area (Å²) in [6.45, 7) is 9.03. The van der Waals surface area contributed by atoms with Crippen molar-refractivity contribution < 1.29 is 4.79 Å². The highest BCUT2D eigenvalue weighted by Gasteiger charge is 2.22. The first-order chi connectivity index (χ1) is 14.3. The Bertz CT molecular complexity index is 1240. The SMILES string of the molecule is Cc1cccc(C(=O)N(CCn2nc(C)cc2C)c2nc3c(C)cc(Cl)cc3s2)c1. The maximum atomic E-state index is 13.5. The van der Waals surface area contributed by atoms with E-state index in [9.17, 15) is 4.79 Å². The molecule has 0 saturated carbocycles. The molecule has 154 valence electrons. The third-order valence-corrected chi connectivity index (χ3v) is 6.26. The molecule has 4 rings (SSSR count). The van der Waals surface area contributed by atoms with E-state index in [1.54, 1.807) is 4.90 Å². The number of halogens is 1. The summed E-state index contributed by atoms with van der Waals surface area (Å²) in [5.74, 6) is -0.0666. The Morgan fingerprint density at radius 2 is 1.93 bits per heavy atom. The van der Waals surface area contributed by atoms with Crippen molar-refractivity contribution in [2.24, 2.45) is 0 Å². The number of thiazole rings is 1. The van der Waals surface area contributed by atoms with Crippen LogP contribution in [0.25, 0.3) is 10.2 Å². The van der Waals surface area contributed by atoms with Gasteiger partial charge in [0.1, 0.15) is 0 Å². The van der Waals surface area contributed by atoms with Crippen LogP contribution in [0, 0.1) is 27.7 Å². The zero-order chi connectivity index (χ0) is 21.4. The average molecular weight is 439 g/mol. The number of fused-ring (bicyclic) bond motifs is 1. The lowest BCUT2D eigenvalue weighted by molar-refractivity contribution is 0.0985. The number of nitrogens with zero attached hydrogens (tertiary/aromatic N) is 4. The molecule has 0 aliphatic rings. The number of aromatic nitrogens is 3. The maximum Gasteiger partial charge on any atom is 0.260 e. The van der Waals surface area contributed by atoms with Crippen LogP contribution in [-0.4, -0.2) is 27.2 Å². The molecule has 2 aromatic carbocycles. The Kier molecular flexibility index (Phi) is 5.62. The van der Waals surface area contributed by atoms with Crippen molar-refractivity contribution in [3.8, 4) is 0 Å². The van der Waals surface area contributed by atoms with Gasteiger partial charge in [0, 0.05) is 22.8 Å². The van der Waals surface area contributed by atoms with E-state index in [1.807, 2.05) is 74.8 Å². The second kappa shape index (κ2) is 8.20. The molecule has 0 aliphatic carbocycles. The van der Waals surface area contributed by atoms with Gasteiger partial charge in [0.05, 0.1) is 22.5 Å². The minimum absolute atomic E-state index is 0.0666. The second-order valence-electron chi connectivity index (χ2n) is 7.54. The molecule has 30 heavy (non-hydrogen) atoms. The van der Waals surface area contributed by atoms with Gasteiger partial charge < -0.3 is 0 Å². The topological polar surface area (TPSA) is 51.0 Å². The van der Waals surface area contributed by atoms with E-state index in [0.29, 0.717) is 28.8 Å². The fourth-order valence-electron chi connectivity index (χ4n) is 3.57. The van der Waals surface area contributed by atoms with Crippen molar-refractivity contribution in [3.05, 3.63) is 75.6 Å². The molecule has 2 heterocycles. The summed E-state index contributed by atoms with van der Waals surface area (Å²) in [5, 5.41) is 5.88. The Labute approximate surface area is 184 Å². The van der Waals surface area contributed by atoms with Crippen LogP contribution in [-0.2, 0) is 6.54 Å². The molecule has 2 aromatic heterocycles. The summed E-state index contributed by atoms with van der Waals surface area (Å²) in [4.78, 5) is 20.0. The smallest absolute Gasteiger partial charge is 0.260 e. The largest absolute Gasteiger partial charge is 0.282 e. The predicted molar refractivity (Wildman–Crippen MR) is 124 cm³/mol. The van der Waals surface area contributed by atoms with Crippen LogP contribution in [0.1, 0.15) is 32.9 Å². The van der Waals surface area contributed by atoms with Crippen molar-refractivity contribution in [2.45, 2.75) is 34.2 Å². The van der Waals surface area contributed by atoms with Crippen molar-refractivity contribution in [1.29, 1.82) is 0 Å². The molecule has 7 heteroatoms. The maximum absolute atomic E-state index is 13.5. The molecule has 0 saturated heterocycles. The fraction of sp³-hybridized carbons (Fsp3) is 0.261. The van der Waals surface area contributed by atoms with Gasteiger partial charge >= 0.3 is 0 Å². The first-order valence-electron chi connectivity index (χ1n) is 9.78. The van der Waals surface area contributed by atoms with Gasteiger partial charge in [-0.2, -0.15) is 5.10 Å². The van der Waals surface area contributed by atoms with Gasteiger partial charge in [0.2, 0.25) is 0 Å². The molecule has 0 bridgehead atoms. The highest BCUT2D eigenvalue weighted by Crippen LogP contribution is 2.33. The van der Waals surface area contributed by atoms with Crippen molar-refractivity contribution in [3.63, 3.8) is 0 Å². The van der Waals surface area contributed by atoms with E-state index in [0.717, 1.165) is 32.7 Å². The number of aryl methyl sites for hydroxylation is 4. The Hall–Kier alpha value is -2.70. The van der Waals surface area contributed by atoms with Crippen molar-refractivity contribution in [2.75, 3.05) is 11.4 Å². The van der Waals surface area contributed by atoms with Crippen LogP contribution >= 0.6 is 22.9 Å². The minimum atomic E-state index is -0.0666.